The van der Waals surface area contributed by atoms with Gasteiger partial charge in [0.2, 0.25) is 11.9 Å². The number of anilines is 1. The van der Waals surface area contributed by atoms with Crippen molar-refractivity contribution < 1.29 is 37.7 Å². The Kier molecular flexibility index (Phi) is 6.57. The lowest BCUT2D eigenvalue weighted by Gasteiger charge is -2.15. The topological polar surface area (TPSA) is 159 Å². The fourth-order valence-corrected chi connectivity index (χ4v) is 3.23. The molecule has 1 aliphatic heterocycles. The summed E-state index contributed by atoms with van der Waals surface area (Å²) in [5.74, 6) is -3.23. The largest absolute Gasteiger partial charge is 0.471 e. The summed E-state index contributed by atoms with van der Waals surface area (Å²) in [5.41, 5.74) is -0.792. The number of hydrogen-bond acceptors (Lipinski definition) is 7. The highest BCUT2D eigenvalue weighted by Crippen LogP contribution is 2.32. The number of ether oxygens (including phenoxy) is 1. The van der Waals surface area contributed by atoms with Crippen molar-refractivity contribution in [2.24, 2.45) is 5.92 Å². The van der Waals surface area contributed by atoms with Crippen molar-refractivity contribution in [1.29, 1.82) is 0 Å². The van der Waals surface area contributed by atoms with E-state index in [2.05, 4.69) is 15.3 Å². The Balaban J connectivity index is 2.05. The minimum atomic E-state index is -5.11. The molecule has 176 valence electrons. The summed E-state index contributed by atoms with van der Waals surface area (Å²) in [7, 11) is 0. The van der Waals surface area contributed by atoms with Crippen LogP contribution < -0.4 is 16.2 Å². The van der Waals surface area contributed by atoms with Gasteiger partial charge in [0.1, 0.15) is 12.3 Å². The van der Waals surface area contributed by atoms with Gasteiger partial charge < -0.3 is 24.8 Å². The number of nitrogens with zero attached hydrogens (tertiary/aromatic N) is 2. The Hall–Kier alpha value is -2.97. The van der Waals surface area contributed by atoms with Gasteiger partial charge >= 0.3 is 12.1 Å². The fourth-order valence-electron chi connectivity index (χ4n) is 3.23. The van der Waals surface area contributed by atoms with E-state index in [1.807, 2.05) is 0 Å². The third-order valence-electron chi connectivity index (χ3n) is 4.92. The predicted molar refractivity (Wildman–Crippen MR) is 103 cm³/mol. The third kappa shape index (κ3) is 4.76. The standard InChI is InChI=1S/C18H22F3N5O6/c1-7(2)14(29)24-17-23-13-12(15(30)25-17)8(4-22-16(31)18(19,20)21)5-26(13)11-3-9(28)10(6-27)32-11/h5,7,9-11,27-28H,3-4,6H2,1-2H3,(H,22,31)(H2,23,24,25,29,30)/t9-,10+,11+/m0/s1. The maximum absolute atomic E-state index is 12.7. The van der Waals surface area contributed by atoms with E-state index in [1.165, 1.54) is 10.8 Å². The van der Waals surface area contributed by atoms with Crippen molar-refractivity contribution in [3.8, 4) is 0 Å². The number of H-pyrrole nitrogens is 1. The Morgan fingerprint density at radius 3 is 2.66 bits per heavy atom. The molecule has 2 aromatic heterocycles. The lowest BCUT2D eigenvalue weighted by atomic mass is 10.2. The number of aromatic nitrogens is 3. The number of nitrogens with one attached hydrogen (secondary N) is 3. The Morgan fingerprint density at radius 1 is 1.41 bits per heavy atom. The molecule has 3 rings (SSSR count). The number of carbonyl (C=O) groups is 2. The minimum Gasteiger partial charge on any atom is -0.394 e. The van der Waals surface area contributed by atoms with E-state index in [9.17, 15) is 37.8 Å². The van der Waals surface area contributed by atoms with Crippen LogP contribution in [-0.4, -0.2) is 61.6 Å². The van der Waals surface area contributed by atoms with Crippen LogP contribution in [0.3, 0.4) is 0 Å². The van der Waals surface area contributed by atoms with Gasteiger partial charge in [-0.05, 0) is 0 Å². The number of halogens is 3. The lowest BCUT2D eigenvalue weighted by molar-refractivity contribution is -0.173. The number of aliphatic hydroxyl groups excluding tert-OH is 2. The molecule has 0 spiro atoms. The SMILES string of the molecule is CC(C)C(=O)Nc1nc2c(c(CNC(=O)C(F)(F)F)cn2[C@H]2C[C@H](O)[C@@H](CO)O2)c(=O)[nH]1. The first kappa shape index (κ1) is 23.7. The van der Waals surface area contributed by atoms with Gasteiger partial charge in [0, 0.05) is 30.6 Å². The summed E-state index contributed by atoms with van der Waals surface area (Å²) in [6.45, 7) is 2.13. The van der Waals surface area contributed by atoms with E-state index in [0.717, 1.165) is 0 Å². The number of hydrogen-bond donors (Lipinski definition) is 5. The molecule has 14 heteroatoms. The first-order valence-corrected chi connectivity index (χ1v) is 9.66. The number of alkyl halides is 3. The number of carbonyl (C=O) groups excluding carboxylic acids is 2. The molecule has 2 amide bonds. The second-order valence-electron chi connectivity index (χ2n) is 7.61. The van der Waals surface area contributed by atoms with Crippen molar-refractivity contribution >= 4 is 28.8 Å². The zero-order valence-corrected chi connectivity index (χ0v) is 17.1. The smallest absolute Gasteiger partial charge is 0.394 e. The predicted octanol–water partition coefficient (Wildman–Crippen LogP) is 0.138. The number of fused-ring (bicyclic) bond motifs is 1. The normalized spacial score (nSPS) is 21.3. The van der Waals surface area contributed by atoms with Gasteiger partial charge in [0.15, 0.2) is 5.65 Å². The molecule has 3 heterocycles. The van der Waals surface area contributed by atoms with Crippen LogP contribution in [-0.2, 0) is 20.9 Å². The van der Waals surface area contributed by atoms with Crippen LogP contribution in [0.5, 0.6) is 0 Å². The third-order valence-corrected chi connectivity index (χ3v) is 4.92. The number of amides is 2. The van der Waals surface area contributed by atoms with E-state index < -0.39 is 61.1 Å². The first-order chi connectivity index (χ1) is 14.9. The van der Waals surface area contributed by atoms with Crippen LogP contribution >= 0.6 is 0 Å². The van der Waals surface area contributed by atoms with Crippen molar-refractivity contribution in [2.45, 2.75) is 51.4 Å². The fraction of sp³-hybridized carbons (Fsp3) is 0.556. The molecular formula is C18H22F3N5O6. The van der Waals surface area contributed by atoms with Crippen LogP contribution in [0, 0.1) is 5.92 Å². The quantitative estimate of drug-likeness (QED) is 0.409. The van der Waals surface area contributed by atoms with E-state index in [0.29, 0.717) is 0 Å². The van der Waals surface area contributed by atoms with Crippen molar-refractivity contribution in [2.75, 3.05) is 11.9 Å². The Labute approximate surface area is 178 Å². The molecule has 3 atom stereocenters. The van der Waals surface area contributed by atoms with Gasteiger partial charge in [-0.2, -0.15) is 18.2 Å². The van der Waals surface area contributed by atoms with Crippen LogP contribution in [0.15, 0.2) is 11.0 Å². The van der Waals surface area contributed by atoms with E-state index in [1.54, 1.807) is 19.2 Å². The number of aromatic amines is 1. The molecule has 0 aliphatic carbocycles. The highest BCUT2D eigenvalue weighted by Gasteiger charge is 2.39. The lowest BCUT2D eigenvalue weighted by Crippen LogP contribution is -2.36. The molecule has 0 radical (unpaired) electrons. The summed E-state index contributed by atoms with van der Waals surface area (Å²) in [5, 5.41) is 23.3. The summed E-state index contributed by atoms with van der Waals surface area (Å²) < 4.78 is 44.5. The zero-order chi connectivity index (χ0) is 23.8. The Morgan fingerprint density at radius 2 is 2.09 bits per heavy atom. The van der Waals surface area contributed by atoms with Crippen molar-refractivity contribution in [3.63, 3.8) is 0 Å². The van der Waals surface area contributed by atoms with Crippen molar-refractivity contribution in [3.05, 3.63) is 22.1 Å². The molecule has 11 nitrogen and oxygen atoms in total. The van der Waals surface area contributed by atoms with Gasteiger partial charge in [-0.1, -0.05) is 13.8 Å². The van der Waals surface area contributed by atoms with Gasteiger partial charge in [-0.25, -0.2) is 0 Å². The molecular weight excluding hydrogens is 439 g/mol. The van der Waals surface area contributed by atoms with E-state index in [-0.39, 0.29) is 29.0 Å². The average molecular weight is 461 g/mol. The second-order valence-corrected chi connectivity index (χ2v) is 7.61. The number of rotatable bonds is 6. The van der Waals surface area contributed by atoms with Gasteiger partial charge in [-0.3, -0.25) is 24.7 Å². The molecule has 0 saturated carbocycles. The van der Waals surface area contributed by atoms with Crippen molar-refractivity contribution in [1.82, 2.24) is 19.9 Å². The maximum atomic E-state index is 12.7. The summed E-state index contributed by atoms with van der Waals surface area (Å²) in [4.78, 5) is 42.4. The summed E-state index contributed by atoms with van der Waals surface area (Å²) >= 11 is 0. The molecule has 1 fully saturated rings. The molecule has 1 saturated heterocycles. The first-order valence-electron chi connectivity index (χ1n) is 9.66. The Bertz CT molecular complexity index is 1080. The maximum Gasteiger partial charge on any atom is 0.471 e. The molecule has 0 unspecified atom stereocenters. The summed E-state index contributed by atoms with van der Waals surface area (Å²) in [6, 6.07) is 0. The van der Waals surface area contributed by atoms with Gasteiger partial charge in [0.25, 0.3) is 5.56 Å². The molecule has 2 aromatic rings. The molecule has 0 bridgehead atoms. The molecule has 5 N–H and O–H groups in total. The van der Waals surface area contributed by atoms with Crippen LogP contribution in [0.1, 0.15) is 32.1 Å². The second kappa shape index (κ2) is 8.88. The van der Waals surface area contributed by atoms with Crippen LogP contribution in [0.2, 0.25) is 0 Å². The zero-order valence-electron chi connectivity index (χ0n) is 17.1. The van der Waals surface area contributed by atoms with E-state index in [4.69, 9.17) is 4.74 Å². The molecule has 0 aromatic carbocycles. The average Bonchev–Trinajstić information content (AvgIpc) is 3.25. The van der Waals surface area contributed by atoms with Crippen LogP contribution in [0.4, 0.5) is 19.1 Å². The molecule has 32 heavy (non-hydrogen) atoms. The number of aliphatic hydroxyl groups is 2. The molecule has 1 aliphatic rings. The minimum absolute atomic E-state index is 0.00548. The highest BCUT2D eigenvalue weighted by atomic mass is 19.4. The van der Waals surface area contributed by atoms with Crippen LogP contribution in [0.25, 0.3) is 11.0 Å². The monoisotopic (exact) mass is 461 g/mol. The summed E-state index contributed by atoms with van der Waals surface area (Å²) in [6.07, 6.45) is -6.67. The van der Waals surface area contributed by atoms with E-state index >= 15 is 0 Å². The van der Waals surface area contributed by atoms with Gasteiger partial charge in [-0.15, -0.1) is 0 Å². The highest BCUT2D eigenvalue weighted by molar-refractivity contribution is 5.91. The van der Waals surface area contributed by atoms with Gasteiger partial charge in [0.05, 0.1) is 18.1 Å².